The Kier molecular flexibility index (Phi) is 4.51. The van der Waals surface area contributed by atoms with Crippen LogP contribution >= 0.6 is 11.8 Å². The zero-order valence-corrected chi connectivity index (χ0v) is 12.7. The fraction of sp³-hybridized carbons (Fsp3) is 0.438. The Morgan fingerprint density at radius 3 is 2.90 bits per heavy atom. The molecule has 2 heterocycles. The van der Waals surface area contributed by atoms with Crippen LogP contribution in [0.4, 0.5) is 0 Å². The van der Waals surface area contributed by atoms with Crippen molar-refractivity contribution in [3.05, 3.63) is 34.3 Å². The van der Waals surface area contributed by atoms with Crippen LogP contribution in [0.1, 0.15) is 23.2 Å². The highest BCUT2D eigenvalue weighted by Crippen LogP contribution is 2.20. The normalized spacial score (nSPS) is 18.9. The Hall–Kier alpha value is -1.46. The average Bonchev–Trinajstić information content (AvgIpc) is 2.50. The van der Waals surface area contributed by atoms with Crippen molar-refractivity contribution in [2.45, 2.75) is 12.8 Å². The molecule has 0 unspecified atom stereocenters. The first kappa shape index (κ1) is 14.5. The number of para-hydroxylation sites is 1. The molecule has 1 saturated heterocycles. The second-order valence-electron chi connectivity index (χ2n) is 5.33. The highest BCUT2D eigenvalue weighted by atomic mass is 32.2. The van der Waals surface area contributed by atoms with Gasteiger partial charge in [-0.25, -0.2) is 4.99 Å². The van der Waals surface area contributed by atoms with Crippen molar-refractivity contribution < 1.29 is 9.53 Å². The van der Waals surface area contributed by atoms with Crippen LogP contribution in [0.2, 0.25) is 0 Å². The summed E-state index contributed by atoms with van der Waals surface area (Å²) in [4.78, 5) is 20.6. The third-order valence-corrected chi connectivity index (χ3v) is 4.92. The molecule has 110 valence electrons. The topological polar surface area (TPSA) is 51.0 Å². The first-order valence-corrected chi connectivity index (χ1v) is 8.33. The van der Waals surface area contributed by atoms with Crippen molar-refractivity contribution in [2.75, 3.05) is 24.7 Å². The van der Waals surface area contributed by atoms with Crippen LogP contribution in [0.15, 0.2) is 28.2 Å². The summed E-state index contributed by atoms with van der Waals surface area (Å²) < 4.78 is 5.36. The number of carbonyl (C=O) groups excluding carboxylic acids is 1. The lowest BCUT2D eigenvalue weighted by Crippen LogP contribution is -2.34. The number of hydrogen-bond donors (Lipinski definition) is 0. The van der Waals surface area contributed by atoms with E-state index >= 15 is 0 Å². The van der Waals surface area contributed by atoms with Gasteiger partial charge >= 0.3 is 0 Å². The first-order chi connectivity index (χ1) is 10.2. The Balaban J connectivity index is 1.66. The highest BCUT2D eigenvalue weighted by Gasteiger charge is 2.17. The minimum absolute atomic E-state index is 0.202. The molecule has 0 aliphatic carbocycles. The summed E-state index contributed by atoms with van der Waals surface area (Å²) in [5.41, 5.74) is 0.556. The number of amidine groups is 1. The van der Waals surface area contributed by atoms with Gasteiger partial charge in [-0.05, 0) is 35.8 Å². The van der Waals surface area contributed by atoms with Crippen LogP contribution in [-0.4, -0.2) is 36.5 Å². The number of carbonyl (C=O) groups is 1. The van der Waals surface area contributed by atoms with E-state index in [0.717, 1.165) is 37.0 Å². The molecule has 0 aromatic heterocycles. The van der Waals surface area contributed by atoms with Crippen LogP contribution in [0.3, 0.4) is 0 Å². The Bertz CT molecular complexity index is 678. The zero-order valence-electron chi connectivity index (χ0n) is 11.9. The van der Waals surface area contributed by atoms with E-state index in [2.05, 4.69) is 16.6 Å². The molecule has 1 aromatic rings. The molecular formula is C16H18N2O2S. The van der Waals surface area contributed by atoms with Gasteiger partial charge in [0.2, 0.25) is 0 Å². The number of rotatable bonds is 4. The molecular weight excluding hydrogens is 284 g/mol. The highest BCUT2D eigenvalue weighted by molar-refractivity contribution is 7.99. The summed E-state index contributed by atoms with van der Waals surface area (Å²) in [5, 5.41) is 1.46. The van der Waals surface area contributed by atoms with Gasteiger partial charge in [0.05, 0.1) is 16.7 Å². The maximum Gasteiger partial charge on any atom is 0.280 e. The minimum atomic E-state index is -0.202. The van der Waals surface area contributed by atoms with Crippen molar-refractivity contribution in [1.82, 2.24) is 0 Å². The number of fused-ring (bicyclic) bond motifs is 1. The van der Waals surface area contributed by atoms with Gasteiger partial charge in [0.25, 0.3) is 5.91 Å². The second kappa shape index (κ2) is 6.54. The average molecular weight is 302 g/mol. The summed E-state index contributed by atoms with van der Waals surface area (Å²) in [6.45, 7) is 5.67. The van der Waals surface area contributed by atoms with Crippen LogP contribution in [0, 0.1) is 5.92 Å². The third kappa shape index (κ3) is 3.41. The molecule has 5 heteroatoms. The summed E-state index contributed by atoms with van der Waals surface area (Å²) in [6, 6.07) is 5.44. The lowest BCUT2D eigenvalue weighted by atomic mass is 10.0. The van der Waals surface area contributed by atoms with E-state index in [1.54, 1.807) is 17.8 Å². The molecule has 0 atom stereocenters. The van der Waals surface area contributed by atoms with Crippen LogP contribution < -0.4 is 10.6 Å². The fourth-order valence-corrected chi connectivity index (χ4v) is 3.62. The van der Waals surface area contributed by atoms with Crippen molar-refractivity contribution in [3.8, 4) is 0 Å². The van der Waals surface area contributed by atoms with Gasteiger partial charge in [0.15, 0.2) is 0 Å². The Morgan fingerprint density at radius 2 is 2.10 bits per heavy atom. The maximum absolute atomic E-state index is 12.0. The molecule has 0 N–H and O–H groups in total. The predicted molar refractivity (Wildman–Crippen MR) is 85.4 cm³/mol. The fourth-order valence-electron chi connectivity index (χ4n) is 2.52. The second-order valence-corrected chi connectivity index (χ2v) is 6.36. The van der Waals surface area contributed by atoms with Gasteiger partial charge < -0.3 is 4.74 Å². The smallest absolute Gasteiger partial charge is 0.280 e. The zero-order chi connectivity index (χ0) is 14.7. The number of thioether (sulfide) groups is 1. The summed E-state index contributed by atoms with van der Waals surface area (Å²) in [5.74, 6) is 2.87. The van der Waals surface area contributed by atoms with E-state index in [1.165, 1.54) is 0 Å². The van der Waals surface area contributed by atoms with Gasteiger partial charge in [-0.1, -0.05) is 18.7 Å². The van der Waals surface area contributed by atoms with Gasteiger partial charge in [-0.3, -0.25) is 4.79 Å². The minimum Gasteiger partial charge on any atom is -0.381 e. The molecule has 3 rings (SSSR count). The molecule has 0 radical (unpaired) electrons. The Labute approximate surface area is 128 Å². The molecule has 1 amide bonds. The number of amides is 1. The first-order valence-electron chi connectivity index (χ1n) is 7.18. The van der Waals surface area contributed by atoms with E-state index in [9.17, 15) is 4.79 Å². The molecule has 1 fully saturated rings. The lowest BCUT2D eigenvalue weighted by molar-refractivity contribution is 0.0728. The van der Waals surface area contributed by atoms with Crippen LogP contribution in [0.25, 0.3) is 6.58 Å². The van der Waals surface area contributed by atoms with E-state index < -0.39 is 0 Å². The van der Waals surface area contributed by atoms with Crippen LogP contribution in [0.5, 0.6) is 0 Å². The third-order valence-electron chi connectivity index (χ3n) is 3.75. The number of ether oxygens (including phenoxy) is 1. The van der Waals surface area contributed by atoms with E-state index in [0.29, 0.717) is 28.4 Å². The van der Waals surface area contributed by atoms with Gasteiger partial charge in [-0.15, -0.1) is 0 Å². The number of aliphatic imine (C=N–C) groups is 1. The molecule has 21 heavy (non-hydrogen) atoms. The molecule has 0 spiro atoms. The predicted octanol–water partition coefficient (Wildman–Crippen LogP) is 1.43. The molecule has 0 saturated carbocycles. The molecule has 4 nitrogen and oxygen atoms in total. The quantitative estimate of drug-likeness (QED) is 0.845. The monoisotopic (exact) mass is 302 g/mol. The molecule has 1 aromatic carbocycles. The van der Waals surface area contributed by atoms with E-state index in [1.807, 2.05) is 12.1 Å². The largest absolute Gasteiger partial charge is 0.381 e. The van der Waals surface area contributed by atoms with Crippen LogP contribution in [-0.2, 0) is 4.74 Å². The number of nitrogens with zero attached hydrogens (tertiary/aromatic N) is 2. The van der Waals surface area contributed by atoms with Gasteiger partial charge in [-0.2, -0.15) is 16.8 Å². The summed E-state index contributed by atoms with van der Waals surface area (Å²) >= 11 is 1.80. The van der Waals surface area contributed by atoms with Crippen molar-refractivity contribution in [1.29, 1.82) is 0 Å². The standard InChI is InChI=1S/C16H18N2O2S/c1-11-3-2-4-13-15(11)17-14(18-16(13)19)10-21-9-12-5-7-20-8-6-12/h2-4,12H,1,5-10H2. The summed E-state index contributed by atoms with van der Waals surface area (Å²) in [7, 11) is 0. The van der Waals surface area contributed by atoms with Gasteiger partial charge in [0, 0.05) is 13.2 Å². The SMILES string of the molecule is C=c1cccc2c1=NC(CSCC1CCOCC1)=NC2=O. The number of hydrogen-bond acceptors (Lipinski definition) is 4. The summed E-state index contributed by atoms with van der Waals surface area (Å²) in [6.07, 6.45) is 2.25. The van der Waals surface area contributed by atoms with Gasteiger partial charge in [0.1, 0.15) is 5.84 Å². The number of benzene rings is 1. The lowest BCUT2D eigenvalue weighted by Gasteiger charge is -2.21. The molecule has 0 bridgehead atoms. The van der Waals surface area contributed by atoms with E-state index in [-0.39, 0.29) is 5.91 Å². The van der Waals surface area contributed by atoms with E-state index in [4.69, 9.17) is 4.74 Å². The Morgan fingerprint density at radius 1 is 1.29 bits per heavy atom. The van der Waals surface area contributed by atoms with Crippen molar-refractivity contribution in [3.63, 3.8) is 0 Å². The molecule has 2 aliphatic heterocycles. The van der Waals surface area contributed by atoms with Crippen molar-refractivity contribution >= 4 is 30.1 Å². The maximum atomic E-state index is 12.0. The van der Waals surface area contributed by atoms with Crippen molar-refractivity contribution in [2.24, 2.45) is 15.9 Å². The molecule has 2 aliphatic rings.